The van der Waals surface area contributed by atoms with Crippen molar-refractivity contribution in [2.24, 2.45) is 0 Å². The van der Waals surface area contributed by atoms with E-state index in [0.29, 0.717) is 5.75 Å². The van der Waals surface area contributed by atoms with Crippen molar-refractivity contribution in [2.45, 2.75) is 110 Å². The van der Waals surface area contributed by atoms with Crippen LogP contribution in [0.4, 0.5) is 0 Å². The average molecular weight is 318 g/mol. The molecule has 0 N–H and O–H groups in total. The largest absolute Gasteiger partial charge is 0.772 e. The minimum absolute atomic E-state index is 0.346. The summed E-state index contributed by atoms with van der Waals surface area (Å²) in [6, 6.07) is 0. The first-order valence-corrected chi connectivity index (χ1v) is 10.6. The van der Waals surface area contributed by atoms with Gasteiger partial charge in [-0.1, -0.05) is 114 Å². The van der Waals surface area contributed by atoms with Gasteiger partial charge in [0, 0.05) is 5.75 Å². The summed E-state index contributed by atoms with van der Waals surface area (Å²) in [5, 5.41) is 0. The number of rotatable bonds is 17. The van der Waals surface area contributed by atoms with Crippen LogP contribution < -0.4 is 0 Å². The van der Waals surface area contributed by atoms with Gasteiger partial charge in [0.15, 0.2) is 0 Å². The normalized spacial score (nSPS) is 12.7. The Morgan fingerprint density at radius 1 is 0.571 bits per heavy atom. The van der Waals surface area contributed by atoms with Gasteiger partial charge in [0.25, 0.3) is 0 Å². The fraction of sp³-hybridized carbons (Fsp3) is 1.00. The van der Waals surface area contributed by atoms with E-state index in [1.807, 2.05) is 0 Å². The number of hydrogen-bond donors (Lipinski definition) is 0. The van der Waals surface area contributed by atoms with E-state index in [1.165, 1.54) is 89.9 Å². The van der Waals surface area contributed by atoms with E-state index >= 15 is 0 Å². The van der Waals surface area contributed by atoms with Crippen LogP contribution in [0.15, 0.2) is 0 Å². The molecule has 128 valence electrons. The van der Waals surface area contributed by atoms with Gasteiger partial charge in [-0.05, 0) is 6.42 Å². The van der Waals surface area contributed by atoms with Crippen LogP contribution in [-0.4, -0.2) is 14.5 Å². The first kappa shape index (κ1) is 21.1. The van der Waals surface area contributed by atoms with Gasteiger partial charge in [0.05, 0.1) is 0 Å². The first-order valence-electron chi connectivity index (χ1n) is 9.33. The van der Waals surface area contributed by atoms with Gasteiger partial charge in [-0.3, -0.25) is 4.21 Å². The molecule has 0 saturated heterocycles. The predicted molar refractivity (Wildman–Crippen MR) is 93.3 cm³/mol. The van der Waals surface area contributed by atoms with Crippen molar-refractivity contribution in [1.82, 2.24) is 0 Å². The molecule has 0 aromatic rings. The molecule has 0 rings (SSSR count). The summed E-state index contributed by atoms with van der Waals surface area (Å²) in [4.78, 5) is 0. The van der Waals surface area contributed by atoms with E-state index in [2.05, 4.69) is 6.92 Å². The van der Waals surface area contributed by atoms with Gasteiger partial charge in [-0.2, -0.15) is 0 Å². The Bertz CT molecular complexity index is 219. The topological polar surface area (TPSA) is 40.1 Å². The van der Waals surface area contributed by atoms with Gasteiger partial charge in [0.2, 0.25) is 0 Å². The smallest absolute Gasteiger partial charge is 0.0102 e. The molecule has 0 amide bonds. The standard InChI is InChI=1S/C18H38O2S/c1-2-3-4-5-6-7-8-9-10-11-12-13-14-15-16-17-18-21(19)20/h2-18H2,1H3,(H,19,20)/p-1. The van der Waals surface area contributed by atoms with Gasteiger partial charge in [-0.15, -0.1) is 0 Å². The second kappa shape index (κ2) is 18.2. The van der Waals surface area contributed by atoms with Crippen molar-refractivity contribution in [3.8, 4) is 0 Å². The lowest BCUT2D eigenvalue weighted by atomic mass is 10.0. The second-order valence-corrected chi connectivity index (χ2v) is 7.33. The zero-order valence-corrected chi connectivity index (χ0v) is 15.1. The highest BCUT2D eigenvalue weighted by molar-refractivity contribution is 7.79. The summed E-state index contributed by atoms with van der Waals surface area (Å²) in [5.41, 5.74) is 0. The van der Waals surface area contributed by atoms with Gasteiger partial charge in [0.1, 0.15) is 0 Å². The summed E-state index contributed by atoms with van der Waals surface area (Å²) >= 11 is -1.83. The van der Waals surface area contributed by atoms with Crippen LogP contribution in [0.25, 0.3) is 0 Å². The lowest BCUT2D eigenvalue weighted by Crippen LogP contribution is -1.94. The molecule has 0 aliphatic rings. The lowest BCUT2D eigenvalue weighted by molar-refractivity contribution is 0.524. The lowest BCUT2D eigenvalue weighted by Gasteiger charge is -2.05. The molecule has 0 saturated carbocycles. The van der Waals surface area contributed by atoms with Crippen molar-refractivity contribution >= 4 is 11.1 Å². The molecule has 0 bridgehead atoms. The number of unbranched alkanes of at least 4 members (excludes halogenated alkanes) is 15. The van der Waals surface area contributed by atoms with Gasteiger partial charge < -0.3 is 4.55 Å². The van der Waals surface area contributed by atoms with E-state index in [0.717, 1.165) is 12.8 Å². The van der Waals surface area contributed by atoms with E-state index in [1.54, 1.807) is 0 Å². The Morgan fingerprint density at radius 3 is 1.14 bits per heavy atom. The Balaban J connectivity index is 2.95. The molecule has 0 radical (unpaired) electrons. The fourth-order valence-corrected chi connectivity index (χ4v) is 3.21. The molecular weight excluding hydrogens is 280 g/mol. The maximum Gasteiger partial charge on any atom is 0.0102 e. The second-order valence-electron chi connectivity index (χ2n) is 6.31. The van der Waals surface area contributed by atoms with Crippen LogP contribution in [0.2, 0.25) is 0 Å². The van der Waals surface area contributed by atoms with Crippen molar-refractivity contribution in [3.63, 3.8) is 0 Å². The molecule has 2 nitrogen and oxygen atoms in total. The molecule has 0 aliphatic heterocycles. The molecule has 0 spiro atoms. The molecule has 1 atom stereocenters. The molecule has 0 heterocycles. The molecule has 0 fully saturated rings. The summed E-state index contributed by atoms with van der Waals surface area (Å²) in [6.45, 7) is 2.27. The predicted octanol–water partition coefficient (Wildman–Crippen LogP) is 6.13. The first-order chi connectivity index (χ1) is 10.3. The van der Waals surface area contributed by atoms with Crippen LogP contribution in [0.3, 0.4) is 0 Å². The van der Waals surface area contributed by atoms with Crippen molar-refractivity contribution in [2.75, 3.05) is 5.75 Å². The molecule has 0 aliphatic carbocycles. The summed E-state index contributed by atoms with van der Waals surface area (Å²) in [6.07, 6.45) is 21.2. The third-order valence-corrected chi connectivity index (χ3v) is 4.79. The highest BCUT2D eigenvalue weighted by atomic mass is 32.2. The zero-order valence-electron chi connectivity index (χ0n) is 14.2. The monoisotopic (exact) mass is 317 g/mol. The maximum absolute atomic E-state index is 10.3. The summed E-state index contributed by atoms with van der Waals surface area (Å²) in [5.74, 6) is 0.346. The highest BCUT2D eigenvalue weighted by Gasteiger charge is 1.94. The molecule has 21 heavy (non-hydrogen) atoms. The summed E-state index contributed by atoms with van der Waals surface area (Å²) < 4.78 is 20.7. The van der Waals surface area contributed by atoms with Crippen LogP contribution >= 0.6 is 0 Å². The summed E-state index contributed by atoms with van der Waals surface area (Å²) in [7, 11) is 0. The van der Waals surface area contributed by atoms with E-state index in [-0.39, 0.29) is 0 Å². The van der Waals surface area contributed by atoms with Crippen molar-refractivity contribution in [1.29, 1.82) is 0 Å². The van der Waals surface area contributed by atoms with Crippen LogP contribution in [0.5, 0.6) is 0 Å². The van der Waals surface area contributed by atoms with Crippen LogP contribution in [-0.2, 0) is 11.1 Å². The van der Waals surface area contributed by atoms with Crippen LogP contribution in [0, 0.1) is 0 Å². The van der Waals surface area contributed by atoms with E-state index in [9.17, 15) is 8.76 Å². The van der Waals surface area contributed by atoms with Gasteiger partial charge in [-0.25, -0.2) is 0 Å². The van der Waals surface area contributed by atoms with Gasteiger partial charge >= 0.3 is 0 Å². The Kier molecular flexibility index (Phi) is 18.3. The Labute approximate surface area is 135 Å². The van der Waals surface area contributed by atoms with E-state index < -0.39 is 11.1 Å². The SMILES string of the molecule is CCCCCCCCCCCCCCCCCCS(=O)[O-]. The minimum atomic E-state index is -1.83. The quantitative estimate of drug-likeness (QED) is 0.239. The molecule has 0 aromatic carbocycles. The van der Waals surface area contributed by atoms with E-state index in [4.69, 9.17) is 0 Å². The molecular formula is C18H37O2S-. The van der Waals surface area contributed by atoms with Crippen LogP contribution in [0.1, 0.15) is 110 Å². The average Bonchev–Trinajstić information content (AvgIpc) is 2.46. The Hall–Kier alpha value is 0.110. The highest BCUT2D eigenvalue weighted by Crippen LogP contribution is 2.13. The molecule has 0 aromatic heterocycles. The third-order valence-electron chi connectivity index (χ3n) is 4.16. The minimum Gasteiger partial charge on any atom is -0.772 e. The third kappa shape index (κ3) is 20.1. The molecule has 3 heteroatoms. The van der Waals surface area contributed by atoms with Crippen molar-refractivity contribution < 1.29 is 8.76 Å². The molecule has 1 unspecified atom stereocenters. The Morgan fingerprint density at radius 2 is 0.857 bits per heavy atom. The number of hydrogen-bond acceptors (Lipinski definition) is 2. The maximum atomic E-state index is 10.3. The fourth-order valence-electron chi connectivity index (χ4n) is 2.77. The van der Waals surface area contributed by atoms with Crippen molar-refractivity contribution in [3.05, 3.63) is 0 Å². The zero-order chi connectivity index (χ0) is 15.6.